The quantitative estimate of drug-likeness (QED) is 0.760. The highest BCUT2D eigenvalue weighted by molar-refractivity contribution is 6.17. The molecule has 0 aromatic heterocycles. The lowest BCUT2D eigenvalue weighted by Gasteiger charge is -2.03. The van der Waals surface area contributed by atoms with Crippen LogP contribution in [-0.4, -0.2) is 23.7 Å². The first-order valence-corrected chi connectivity index (χ1v) is 6.85. The Balaban J connectivity index is 1.71. The normalized spacial score (nSPS) is 21.0. The molecular weight excluding hydrogens is 285 g/mol. The van der Waals surface area contributed by atoms with Crippen LogP contribution in [0.4, 0.5) is 4.39 Å². The molecule has 0 saturated carbocycles. The summed E-state index contributed by atoms with van der Waals surface area (Å²) in [4.78, 5) is 28.4. The fraction of sp³-hybridized carbons (Fsp3) is 0.118. The van der Waals surface area contributed by atoms with Crippen LogP contribution in [0.5, 0.6) is 0 Å². The second-order valence-electron chi connectivity index (χ2n) is 5.25. The van der Waals surface area contributed by atoms with Crippen LogP contribution in [0.3, 0.4) is 0 Å². The van der Waals surface area contributed by atoms with Gasteiger partial charge >= 0.3 is 5.97 Å². The van der Waals surface area contributed by atoms with E-state index in [-0.39, 0.29) is 17.5 Å². The largest absolute Gasteiger partial charge is 0.404 e. The molecule has 2 aromatic rings. The number of aliphatic imine (C=N–C) groups is 1. The number of cyclic esters (lactones) is 1. The number of carbonyl (C=O) groups excluding carboxylic acids is 2. The van der Waals surface area contributed by atoms with Crippen molar-refractivity contribution in [2.45, 2.75) is 12.5 Å². The number of ketones is 1. The van der Waals surface area contributed by atoms with Crippen LogP contribution in [-0.2, 0) is 11.2 Å². The highest BCUT2D eigenvalue weighted by Crippen LogP contribution is 2.27. The molecule has 0 fully saturated rings. The smallest absolute Gasteiger partial charge is 0.345 e. The maximum Gasteiger partial charge on any atom is 0.345 e. The van der Waals surface area contributed by atoms with E-state index in [1.54, 1.807) is 24.3 Å². The predicted molar refractivity (Wildman–Crippen MR) is 76.6 cm³/mol. The van der Waals surface area contributed by atoms with E-state index in [0.29, 0.717) is 28.7 Å². The molecule has 0 radical (unpaired) electrons. The Morgan fingerprint density at radius 2 is 1.82 bits per heavy atom. The number of esters is 1. The molecule has 108 valence electrons. The number of carbonyl (C=O) groups is 2. The number of nitrogens with zero attached hydrogens (tertiary/aromatic N) is 1. The molecule has 4 rings (SSSR count). The highest BCUT2D eigenvalue weighted by Gasteiger charge is 2.34. The van der Waals surface area contributed by atoms with E-state index in [9.17, 15) is 14.0 Å². The van der Waals surface area contributed by atoms with Gasteiger partial charge in [0.25, 0.3) is 0 Å². The van der Waals surface area contributed by atoms with Gasteiger partial charge in [-0.1, -0.05) is 12.1 Å². The standard InChI is InChI=1S/C17H10FNO3/c18-10-5-6-11-9(7-10)8-14(15(11)20)19-16-12-3-1-2-4-13(12)17(21)22-16/h1-7,14H,8H2. The van der Waals surface area contributed by atoms with Gasteiger partial charge in [0.15, 0.2) is 5.78 Å². The van der Waals surface area contributed by atoms with Crippen molar-refractivity contribution in [3.63, 3.8) is 0 Å². The van der Waals surface area contributed by atoms with E-state index in [2.05, 4.69) is 4.99 Å². The Bertz CT molecular complexity index is 857. The van der Waals surface area contributed by atoms with E-state index < -0.39 is 12.0 Å². The van der Waals surface area contributed by atoms with Gasteiger partial charge in [0.05, 0.1) is 11.1 Å². The number of rotatable bonds is 1. The zero-order valence-corrected chi connectivity index (χ0v) is 11.4. The minimum Gasteiger partial charge on any atom is -0.404 e. The van der Waals surface area contributed by atoms with Crippen LogP contribution in [0, 0.1) is 5.82 Å². The second-order valence-corrected chi connectivity index (χ2v) is 5.25. The third-order valence-corrected chi connectivity index (χ3v) is 3.89. The molecule has 0 saturated heterocycles. The van der Waals surface area contributed by atoms with Crippen molar-refractivity contribution in [3.8, 4) is 0 Å². The molecule has 4 nitrogen and oxygen atoms in total. The average molecular weight is 295 g/mol. The average Bonchev–Trinajstić information content (AvgIpc) is 2.98. The van der Waals surface area contributed by atoms with Crippen LogP contribution >= 0.6 is 0 Å². The third kappa shape index (κ3) is 1.86. The summed E-state index contributed by atoms with van der Waals surface area (Å²) < 4.78 is 18.4. The summed E-state index contributed by atoms with van der Waals surface area (Å²) >= 11 is 0. The first-order chi connectivity index (χ1) is 10.6. The van der Waals surface area contributed by atoms with E-state index in [1.165, 1.54) is 18.2 Å². The SMILES string of the molecule is O=C1OC(=NC2Cc3cc(F)ccc3C2=O)c2ccccc21. The molecule has 2 aliphatic rings. The number of hydrogen-bond donors (Lipinski definition) is 0. The summed E-state index contributed by atoms with van der Waals surface area (Å²) in [6, 6.07) is 10.3. The number of fused-ring (bicyclic) bond motifs is 2. The molecule has 1 aliphatic heterocycles. The van der Waals surface area contributed by atoms with Gasteiger partial charge in [-0.25, -0.2) is 14.2 Å². The van der Waals surface area contributed by atoms with Crippen molar-refractivity contribution in [3.05, 3.63) is 70.5 Å². The minimum absolute atomic E-state index is 0.159. The zero-order valence-electron chi connectivity index (χ0n) is 11.4. The molecule has 0 N–H and O–H groups in total. The first kappa shape index (κ1) is 12.9. The minimum atomic E-state index is -0.675. The molecule has 1 aliphatic carbocycles. The van der Waals surface area contributed by atoms with Crippen molar-refractivity contribution < 1.29 is 18.7 Å². The van der Waals surface area contributed by atoms with Crippen molar-refractivity contribution in [2.24, 2.45) is 4.99 Å². The van der Waals surface area contributed by atoms with Gasteiger partial charge in [-0.3, -0.25) is 4.79 Å². The zero-order chi connectivity index (χ0) is 15.3. The number of ether oxygens (including phenoxy) is 1. The molecule has 22 heavy (non-hydrogen) atoms. The Morgan fingerprint density at radius 1 is 1.05 bits per heavy atom. The van der Waals surface area contributed by atoms with Crippen LogP contribution in [0.1, 0.15) is 31.8 Å². The molecule has 0 bridgehead atoms. The van der Waals surface area contributed by atoms with Crippen molar-refractivity contribution in [2.75, 3.05) is 0 Å². The van der Waals surface area contributed by atoms with Gasteiger partial charge in [0.2, 0.25) is 5.90 Å². The number of benzene rings is 2. The lowest BCUT2D eigenvalue weighted by atomic mass is 10.1. The fourth-order valence-corrected chi connectivity index (χ4v) is 2.84. The van der Waals surface area contributed by atoms with Gasteiger partial charge in [0, 0.05) is 12.0 Å². The number of hydrogen-bond acceptors (Lipinski definition) is 4. The first-order valence-electron chi connectivity index (χ1n) is 6.85. The van der Waals surface area contributed by atoms with Crippen LogP contribution in [0.25, 0.3) is 0 Å². The van der Waals surface area contributed by atoms with Crippen molar-refractivity contribution in [1.29, 1.82) is 0 Å². The highest BCUT2D eigenvalue weighted by atomic mass is 19.1. The summed E-state index contributed by atoms with van der Waals surface area (Å²) in [5.74, 6) is -0.865. The lowest BCUT2D eigenvalue weighted by Crippen LogP contribution is -2.16. The van der Waals surface area contributed by atoms with E-state index in [4.69, 9.17) is 4.74 Å². The van der Waals surface area contributed by atoms with Crippen LogP contribution < -0.4 is 0 Å². The molecule has 0 amide bonds. The van der Waals surface area contributed by atoms with Gasteiger partial charge in [-0.2, -0.15) is 0 Å². The third-order valence-electron chi connectivity index (χ3n) is 3.89. The maximum absolute atomic E-state index is 13.3. The fourth-order valence-electron chi connectivity index (χ4n) is 2.84. The van der Waals surface area contributed by atoms with E-state index >= 15 is 0 Å². The Hall–Kier alpha value is -2.82. The maximum atomic E-state index is 13.3. The van der Waals surface area contributed by atoms with Gasteiger partial charge in [-0.05, 0) is 35.9 Å². The van der Waals surface area contributed by atoms with Crippen molar-refractivity contribution in [1.82, 2.24) is 0 Å². The molecule has 2 aromatic carbocycles. The van der Waals surface area contributed by atoms with Crippen molar-refractivity contribution >= 4 is 17.7 Å². The molecule has 0 spiro atoms. The lowest BCUT2D eigenvalue weighted by molar-refractivity contribution is 0.0734. The summed E-state index contributed by atoms with van der Waals surface area (Å²) in [5, 5.41) is 0. The number of halogens is 1. The molecule has 5 heteroatoms. The van der Waals surface area contributed by atoms with Gasteiger partial charge in [-0.15, -0.1) is 0 Å². The summed E-state index contributed by atoms with van der Waals surface area (Å²) in [6.07, 6.45) is 0.315. The second kappa shape index (κ2) is 4.59. The van der Waals surface area contributed by atoms with E-state index in [1.807, 2.05) is 0 Å². The predicted octanol–water partition coefficient (Wildman–Crippen LogP) is 2.55. The van der Waals surface area contributed by atoms with E-state index in [0.717, 1.165) is 0 Å². The Kier molecular flexibility index (Phi) is 2.69. The summed E-state index contributed by atoms with van der Waals surface area (Å²) in [7, 11) is 0. The summed E-state index contributed by atoms with van der Waals surface area (Å²) in [6.45, 7) is 0. The molecule has 1 atom stereocenters. The molecular formula is C17H10FNO3. The Morgan fingerprint density at radius 3 is 2.64 bits per heavy atom. The topological polar surface area (TPSA) is 55.7 Å². The van der Waals surface area contributed by atoms with Crippen LogP contribution in [0.15, 0.2) is 47.5 Å². The van der Waals surface area contributed by atoms with Gasteiger partial charge < -0.3 is 4.74 Å². The van der Waals surface area contributed by atoms with Gasteiger partial charge in [0.1, 0.15) is 11.9 Å². The number of Topliss-reactive ketones (excluding diaryl/α,β-unsaturated/α-hetero) is 1. The van der Waals surface area contributed by atoms with Crippen LogP contribution in [0.2, 0.25) is 0 Å². The molecule has 1 unspecified atom stereocenters. The summed E-state index contributed by atoms with van der Waals surface area (Å²) in [5.41, 5.74) is 2.14. The monoisotopic (exact) mass is 295 g/mol. The molecule has 1 heterocycles. The Labute approximate surface area is 125 Å².